The maximum absolute atomic E-state index is 4.78. The maximum atomic E-state index is 4.78. The molecule has 0 amide bonds. The van der Waals surface area contributed by atoms with E-state index in [1.54, 1.807) is 0 Å². The van der Waals surface area contributed by atoms with Crippen LogP contribution in [0.25, 0.3) is 0 Å². The van der Waals surface area contributed by atoms with Crippen molar-refractivity contribution in [1.82, 2.24) is 10.3 Å². The van der Waals surface area contributed by atoms with Gasteiger partial charge < -0.3 is 5.32 Å². The zero-order valence-electron chi connectivity index (χ0n) is 11.3. The fourth-order valence-corrected chi connectivity index (χ4v) is 3.48. The van der Waals surface area contributed by atoms with Gasteiger partial charge in [-0.3, -0.25) is 0 Å². The Bertz CT molecular complexity index is 347. The van der Waals surface area contributed by atoms with Crippen molar-refractivity contribution in [2.45, 2.75) is 58.9 Å². The SMILES string of the molecule is CCNCc1csc(C2CCC(C)(C)CC2)n1. The Morgan fingerprint density at radius 2 is 2.12 bits per heavy atom. The Balaban J connectivity index is 1.92. The van der Waals surface area contributed by atoms with Gasteiger partial charge in [0, 0.05) is 17.8 Å². The third kappa shape index (κ3) is 3.52. The normalized spacial score (nSPS) is 20.6. The van der Waals surface area contributed by atoms with E-state index in [2.05, 4.69) is 31.5 Å². The van der Waals surface area contributed by atoms with Crippen molar-refractivity contribution in [2.24, 2.45) is 5.41 Å². The van der Waals surface area contributed by atoms with E-state index in [4.69, 9.17) is 4.98 Å². The second kappa shape index (κ2) is 5.49. The monoisotopic (exact) mass is 252 g/mol. The minimum atomic E-state index is 0.556. The van der Waals surface area contributed by atoms with E-state index >= 15 is 0 Å². The van der Waals surface area contributed by atoms with Crippen LogP contribution in [0.3, 0.4) is 0 Å². The Labute approximate surface area is 109 Å². The summed E-state index contributed by atoms with van der Waals surface area (Å²) in [6.07, 6.45) is 5.34. The van der Waals surface area contributed by atoms with E-state index in [0.29, 0.717) is 5.41 Å². The van der Waals surface area contributed by atoms with Crippen LogP contribution in [-0.4, -0.2) is 11.5 Å². The molecule has 0 aromatic carbocycles. The quantitative estimate of drug-likeness (QED) is 0.878. The van der Waals surface area contributed by atoms with Crippen molar-refractivity contribution < 1.29 is 0 Å². The van der Waals surface area contributed by atoms with Gasteiger partial charge in [-0.15, -0.1) is 11.3 Å². The molecular formula is C14H24N2S. The fraction of sp³-hybridized carbons (Fsp3) is 0.786. The van der Waals surface area contributed by atoms with Crippen LogP contribution in [-0.2, 0) is 6.54 Å². The summed E-state index contributed by atoms with van der Waals surface area (Å²) >= 11 is 1.86. The molecule has 1 fully saturated rings. The van der Waals surface area contributed by atoms with Crippen molar-refractivity contribution in [3.05, 3.63) is 16.1 Å². The molecule has 1 heterocycles. The summed E-state index contributed by atoms with van der Waals surface area (Å²) < 4.78 is 0. The molecule has 2 rings (SSSR count). The van der Waals surface area contributed by atoms with Crippen LogP contribution >= 0.6 is 11.3 Å². The Morgan fingerprint density at radius 3 is 2.76 bits per heavy atom. The van der Waals surface area contributed by atoms with E-state index in [9.17, 15) is 0 Å². The highest BCUT2D eigenvalue weighted by atomic mass is 32.1. The Hall–Kier alpha value is -0.410. The topological polar surface area (TPSA) is 24.9 Å². The molecule has 1 aromatic heterocycles. The summed E-state index contributed by atoms with van der Waals surface area (Å²) in [7, 11) is 0. The van der Waals surface area contributed by atoms with Crippen molar-refractivity contribution >= 4 is 11.3 Å². The summed E-state index contributed by atoms with van der Waals surface area (Å²) in [5.74, 6) is 0.725. The first-order valence-electron chi connectivity index (χ1n) is 6.76. The molecule has 0 bridgehead atoms. The van der Waals surface area contributed by atoms with Crippen LogP contribution < -0.4 is 5.32 Å². The third-order valence-corrected chi connectivity index (χ3v) is 4.87. The number of rotatable bonds is 4. The van der Waals surface area contributed by atoms with E-state index in [1.165, 1.54) is 36.4 Å². The van der Waals surface area contributed by atoms with Gasteiger partial charge in [0.05, 0.1) is 10.7 Å². The molecule has 1 N–H and O–H groups in total. The summed E-state index contributed by atoms with van der Waals surface area (Å²) in [6.45, 7) is 8.86. The van der Waals surface area contributed by atoms with E-state index in [0.717, 1.165) is 19.0 Å². The molecule has 0 radical (unpaired) electrons. The van der Waals surface area contributed by atoms with Crippen LogP contribution in [0.1, 0.15) is 63.1 Å². The molecule has 17 heavy (non-hydrogen) atoms. The van der Waals surface area contributed by atoms with E-state index in [1.807, 2.05) is 11.3 Å². The number of thiazole rings is 1. The summed E-state index contributed by atoms with van der Waals surface area (Å²) in [4.78, 5) is 4.78. The number of nitrogens with one attached hydrogen (secondary N) is 1. The highest BCUT2D eigenvalue weighted by molar-refractivity contribution is 7.09. The number of nitrogens with zero attached hydrogens (tertiary/aromatic N) is 1. The molecular weight excluding hydrogens is 228 g/mol. The fourth-order valence-electron chi connectivity index (χ4n) is 2.49. The molecule has 0 aliphatic heterocycles. The van der Waals surface area contributed by atoms with Gasteiger partial charge in [0.15, 0.2) is 0 Å². The van der Waals surface area contributed by atoms with Crippen LogP contribution in [0.4, 0.5) is 0 Å². The van der Waals surface area contributed by atoms with Gasteiger partial charge in [0.1, 0.15) is 0 Å². The molecule has 1 saturated carbocycles. The highest BCUT2D eigenvalue weighted by Crippen LogP contribution is 2.42. The van der Waals surface area contributed by atoms with Gasteiger partial charge in [-0.25, -0.2) is 4.98 Å². The zero-order valence-corrected chi connectivity index (χ0v) is 12.1. The molecule has 96 valence electrons. The lowest BCUT2D eigenvalue weighted by Crippen LogP contribution is -2.20. The summed E-state index contributed by atoms with van der Waals surface area (Å²) in [5.41, 5.74) is 1.78. The lowest BCUT2D eigenvalue weighted by molar-refractivity contribution is 0.224. The first-order valence-corrected chi connectivity index (χ1v) is 7.64. The van der Waals surface area contributed by atoms with E-state index < -0.39 is 0 Å². The third-order valence-electron chi connectivity index (χ3n) is 3.81. The molecule has 1 aromatic rings. The van der Waals surface area contributed by atoms with Crippen molar-refractivity contribution in [3.63, 3.8) is 0 Å². The van der Waals surface area contributed by atoms with Gasteiger partial charge >= 0.3 is 0 Å². The smallest absolute Gasteiger partial charge is 0.0959 e. The van der Waals surface area contributed by atoms with E-state index in [-0.39, 0.29) is 0 Å². The van der Waals surface area contributed by atoms with Gasteiger partial charge in [0.2, 0.25) is 0 Å². The van der Waals surface area contributed by atoms with Gasteiger partial charge in [-0.1, -0.05) is 20.8 Å². The molecule has 0 unspecified atom stereocenters. The molecule has 3 heteroatoms. The maximum Gasteiger partial charge on any atom is 0.0959 e. The van der Waals surface area contributed by atoms with Crippen LogP contribution in [0, 0.1) is 5.41 Å². The molecule has 1 aliphatic rings. The van der Waals surface area contributed by atoms with Crippen molar-refractivity contribution in [2.75, 3.05) is 6.54 Å². The standard InChI is InChI=1S/C14H24N2S/c1-4-15-9-12-10-17-13(16-12)11-5-7-14(2,3)8-6-11/h10-11,15H,4-9H2,1-3H3. The van der Waals surface area contributed by atoms with Crippen LogP contribution in [0.2, 0.25) is 0 Å². The Kier molecular flexibility index (Phi) is 4.21. The molecule has 0 saturated heterocycles. The average molecular weight is 252 g/mol. The second-order valence-electron chi connectivity index (χ2n) is 5.90. The Morgan fingerprint density at radius 1 is 1.41 bits per heavy atom. The summed E-state index contributed by atoms with van der Waals surface area (Å²) in [6, 6.07) is 0. The van der Waals surface area contributed by atoms with Gasteiger partial charge in [-0.05, 0) is 37.6 Å². The molecule has 1 aliphatic carbocycles. The van der Waals surface area contributed by atoms with Crippen molar-refractivity contribution in [3.8, 4) is 0 Å². The number of hydrogen-bond acceptors (Lipinski definition) is 3. The molecule has 2 nitrogen and oxygen atoms in total. The highest BCUT2D eigenvalue weighted by Gasteiger charge is 2.28. The van der Waals surface area contributed by atoms with Gasteiger partial charge in [-0.2, -0.15) is 0 Å². The lowest BCUT2D eigenvalue weighted by atomic mass is 9.73. The number of hydrogen-bond donors (Lipinski definition) is 1. The molecule has 0 atom stereocenters. The van der Waals surface area contributed by atoms with Crippen molar-refractivity contribution in [1.29, 1.82) is 0 Å². The minimum Gasteiger partial charge on any atom is -0.311 e. The average Bonchev–Trinajstić information content (AvgIpc) is 2.75. The van der Waals surface area contributed by atoms with Gasteiger partial charge in [0.25, 0.3) is 0 Å². The van der Waals surface area contributed by atoms with Crippen LogP contribution in [0.5, 0.6) is 0 Å². The first kappa shape index (κ1) is 13.0. The van der Waals surface area contributed by atoms with Crippen LogP contribution in [0.15, 0.2) is 5.38 Å². The lowest BCUT2D eigenvalue weighted by Gasteiger charge is -2.33. The predicted octanol–water partition coefficient (Wildman–Crippen LogP) is 3.94. The summed E-state index contributed by atoms with van der Waals surface area (Å²) in [5, 5.41) is 6.93. The predicted molar refractivity (Wildman–Crippen MR) is 74.5 cm³/mol. The second-order valence-corrected chi connectivity index (χ2v) is 6.79. The molecule has 0 spiro atoms. The number of aromatic nitrogens is 1. The first-order chi connectivity index (χ1) is 8.11. The largest absolute Gasteiger partial charge is 0.311 e. The minimum absolute atomic E-state index is 0.556. The zero-order chi connectivity index (χ0) is 12.3.